The summed E-state index contributed by atoms with van der Waals surface area (Å²) in [6.45, 7) is 7.02. The van der Waals surface area contributed by atoms with Gasteiger partial charge in [-0.1, -0.05) is 25.8 Å². The average Bonchev–Trinajstić information content (AvgIpc) is 2.23. The van der Waals surface area contributed by atoms with Crippen LogP contribution in [0.4, 0.5) is 5.69 Å². The Labute approximate surface area is 109 Å². The van der Waals surface area contributed by atoms with E-state index in [1.807, 2.05) is 0 Å². The summed E-state index contributed by atoms with van der Waals surface area (Å²) in [6, 6.07) is 6.26. The van der Waals surface area contributed by atoms with Crippen LogP contribution >= 0.6 is 12.2 Å². The van der Waals surface area contributed by atoms with Crippen molar-refractivity contribution in [2.24, 2.45) is 0 Å². The molecule has 0 aliphatic rings. The van der Waals surface area contributed by atoms with E-state index < -0.39 is 0 Å². The predicted octanol–water partition coefficient (Wildman–Crippen LogP) is 4.21. The number of benzene rings is 1. The van der Waals surface area contributed by atoms with Gasteiger partial charge in [0.15, 0.2) is 0 Å². The Morgan fingerprint density at radius 1 is 1.18 bits per heavy atom. The third kappa shape index (κ3) is 5.68. The van der Waals surface area contributed by atoms with Crippen molar-refractivity contribution in [1.82, 2.24) is 0 Å². The zero-order valence-electron chi connectivity index (χ0n) is 10.9. The summed E-state index contributed by atoms with van der Waals surface area (Å²) in [5.74, 6) is 0. The molecule has 94 valence electrons. The summed E-state index contributed by atoms with van der Waals surface area (Å²) < 4.78 is 5.45. The second-order valence-corrected chi connectivity index (χ2v) is 4.72. The highest BCUT2D eigenvalue weighted by molar-refractivity contribution is 7.80. The van der Waals surface area contributed by atoms with Crippen LogP contribution in [0.3, 0.4) is 0 Å². The Morgan fingerprint density at radius 2 is 1.82 bits per heavy atom. The normalized spacial score (nSPS) is 10.1. The first-order chi connectivity index (χ1) is 8.11. The molecule has 0 amide bonds. The van der Waals surface area contributed by atoms with Crippen LogP contribution in [0.5, 0.6) is 0 Å². The second-order valence-electron chi connectivity index (χ2n) is 4.34. The highest BCUT2D eigenvalue weighted by Crippen LogP contribution is 2.14. The van der Waals surface area contributed by atoms with Crippen molar-refractivity contribution in [3.63, 3.8) is 0 Å². The van der Waals surface area contributed by atoms with Gasteiger partial charge in [-0.3, -0.25) is 0 Å². The van der Waals surface area contributed by atoms with Gasteiger partial charge in [0.2, 0.25) is 0 Å². The van der Waals surface area contributed by atoms with E-state index in [-0.39, 0.29) is 0 Å². The molecule has 2 nitrogen and oxygen atoms in total. The minimum absolute atomic E-state index is 0.464. The lowest BCUT2D eigenvalue weighted by Gasteiger charge is -2.10. The van der Waals surface area contributed by atoms with E-state index in [0.717, 1.165) is 12.1 Å². The maximum Gasteiger partial charge on any atom is 0.261 e. The number of nitrogens with one attached hydrogen (secondary N) is 1. The molecule has 0 saturated carbocycles. The van der Waals surface area contributed by atoms with Crippen molar-refractivity contribution in [3.8, 4) is 0 Å². The molecule has 1 N–H and O–H groups in total. The number of ether oxygens (including phenoxy) is 1. The number of aryl methyl sites for hydroxylation is 2. The molecule has 3 heteroatoms. The minimum atomic E-state index is 0.464. The fourth-order valence-electron chi connectivity index (χ4n) is 1.72. The van der Waals surface area contributed by atoms with E-state index in [1.165, 1.54) is 24.0 Å². The third-order valence-corrected chi connectivity index (χ3v) is 2.67. The molecule has 0 heterocycles. The first kappa shape index (κ1) is 14.0. The van der Waals surface area contributed by atoms with E-state index in [2.05, 4.69) is 44.3 Å². The molecule has 0 unspecified atom stereocenters. The molecule has 1 aromatic rings. The molecule has 17 heavy (non-hydrogen) atoms. The summed E-state index contributed by atoms with van der Waals surface area (Å²) in [6.07, 6.45) is 3.44. The molecule has 0 aliphatic heterocycles. The number of rotatable bonds is 5. The van der Waals surface area contributed by atoms with Crippen LogP contribution in [0.2, 0.25) is 0 Å². The van der Waals surface area contributed by atoms with Gasteiger partial charge in [-0.2, -0.15) is 0 Å². The maximum atomic E-state index is 5.45. The molecule has 1 aromatic carbocycles. The summed E-state index contributed by atoms with van der Waals surface area (Å²) in [5.41, 5.74) is 3.45. The van der Waals surface area contributed by atoms with Crippen LogP contribution in [-0.4, -0.2) is 11.8 Å². The van der Waals surface area contributed by atoms with Gasteiger partial charge < -0.3 is 10.1 Å². The van der Waals surface area contributed by atoms with Crippen LogP contribution in [0, 0.1) is 13.8 Å². The lowest BCUT2D eigenvalue weighted by molar-refractivity contribution is 0.301. The maximum absolute atomic E-state index is 5.45. The largest absolute Gasteiger partial charge is 0.471 e. The van der Waals surface area contributed by atoms with E-state index in [4.69, 9.17) is 17.0 Å². The molecule has 0 saturated heterocycles. The highest BCUT2D eigenvalue weighted by atomic mass is 32.1. The number of anilines is 1. The number of hydrogen-bond acceptors (Lipinski definition) is 2. The fourth-order valence-corrected chi connectivity index (χ4v) is 1.92. The van der Waals surface area contributed by atoms with Crippen LogP contribution in [0.25, 0.3) is 0 Å². The first-order valence-electron chi connectivity index (χ1n) is 6.14. The monoisotopic (exact) mass is 251 g/mol. The van der Waals surface area contributed by atoms with Gasteiger partial charge in [0.1, 0.15) is 0 Å². The molecule has 0 fully saturated rings. The van der Waals surface area contributed by atoms with E-state index in [0.29, 0.717) is 11.8 Å². The SMILES string of the molecule is CCCCCOC(=S)Nc1cc(C)cc(C)c1. The van der Waals surface area contributed by atoms with Crippen LogP contribution in [0.15, 0.2) is 18.2 Å². The Bertz CT molecular complexity index is 356. The molecule has 0 atom stereocenters. The average molecular weight is 251 g/mol. The molecular formula is C14H21NOS. The Balaban J connectivity index is 2.39. The minimum Gasteiger partial charge on any atom is -0.471 e. The smallest absolute Gasteiger partial charge is 0.261 e. The Kier molecular flexibility index (Phi) is 5.98. The summed E-state index contributed by atoms with van der Waals surface area (Å²) >= 11 is 5.14. The molecule has 0 bridgehead atoms. The summed E-state index contributed by atoms with van der Waals surface area (Å²) in [4.78, 5) is 0. The third-order valence-electron chi connectivity index (χ3n) is 2.45. The number of hydrogen-bond donors (Lipinski definition) is 1. The van der Waals surface area contributed by atoms with E-state index in [9.17, 15) is 0 Å². The van der Waals surface area contributed by atoms with Gasteiger partial charge in [0.05, 0.1) is 6.61 Å². The molecule has 1 rings (SSSR count). The van der Waals surface area contributed by atoms with Crippen molar-refractivity contribution in [1.29, 1.82) is 0 Å². The summed E-state index contributed by atoms with van der Waals surface area (Å²) in [7, 11) is 0. The summed E-state index contributed by atoms with van der Waals surface area (Å²) in [5, 5.41) is 3.57. The Morgan fingerprint density at radius 3 is 2.41 bits per heavy atom. The van der Waals surface area contributed by atoms with E-state index >= 15 is 0 Å². The molecule has 0 aliphatic carbocycles. The van der Waals surface area contributed by atoms with E-state index in [1.54, 1.807) is 0 Å². The number of thiocarbonyl (C=S) groups is 1. The van der Waals surface area contributed by atoms with Gasteiger partial charge in [0.25, 0.3) is 5.17 Å². The second kappa shape index (κ2) is 7.28. The van der Waals surface area contributed by atoms with Crippen molar-refractivity contribution in [2.45, 2.75) is 40.0 Å². The van der Waals surface area contributed by atoms with Gasteiger partial charge in [-0.15, -0.1) is 0 Å². The van der Waals surface area contributed by atoms with Gasteiger partial charge in [-0.25, -0.2) is 0 Å². The first-order valence-corrected chi connectivity index (χ1v) is 6.54. The zero-order chi connectivity index (χ0) is 12.7. The standard InChI is InChI=1S/C14H21NOS/c1-4-5-6-7-16-14(17)15-13-9-11(2)8-12(3)10-13/h8-10H,4-7H2,1-3H3,(H,15,17). The van der Waals surface area contributed by atoms with Gasteiger partial charge in [0, 0.05) is 5.69 Å². The van der Waals surface area contributed by atoms with Gasteiger partial charge >= 0.3 is 0 Å². The Hall–Kier alpha value is -1.09. The van der Waals surface area contributed by atoms with Crippen molar-refractivity contribution < 1.29 is 4.74 Å². The van der Waals surface area contributed by atoms with Crippen LogP contribution < -0.4 is 5.32 Å². The zero-order valence-corrected chi connectivity index (χ0v) is 11.7. The lowest BCUT2D eigenvalue weighted by Crippen LogP contribution is -2.14. The fraction of sp³-hybridized carbons (Fsp3) is 0.500. The quantitative estimate of drug-likeness (QED) is 0.626. The molecule has 0 aromatic heterocycles. The lowest BCUT2D eigenvalue weighted by atomic mass is 10.1. The van der Waals surface area contributed by atoms with Crippen LogP contribution in [0.1, 0.15) is 37.3 Å². The van der Waals surface area contributed by atoms with Crippen molar-refractivity contribution in [3.05, 3.63) is 29.3 Å². The highest BCUT2D eigenvalue weighted by Gasteiger charge is 2.00. The number of unbranched alkanes of at least 4 members (excludes halogenated alkanes) is 2. The molecular weight excluding hydrogens is 230 g/mol. The molecule has 0 radical (unpaired) electrons. The van der Waals surface area contributed by atoms with Crippen molar-refractivity contribution in [2.75, 3.05) is 11.9 Å². The van der Waals surface area contributed by atoms with Crippen molar-refractivity contribution >= 4 is 23.1 Å². The predicted molar refractivity (Wildman–Crippen MR) is 77.6 cm³/mol. The van der Waals surface area contributed by atoms with Crippen LogP contribution in [-0.2, 0) is 4.74 Å². The topological polar surface area (TPSA) is 21.3 Å². The van der Waals surface area contributed by atoms with Gasteiger partial charge in [-0.05, 0) is 55.7 Å². The molecule has 0 spiro atoms.